The first kappa shape index (κ1) is 9.38. The summed E-state index contributed by atoms with van der Waals surface area (Å²) < 4.78 is 5.41. The van der Waals surface area contributed by atoms with Gasteiger partial charge in [0.15, 0.2) is 0 Å². The van der Waals surface area contributed by atoms with Crippen LogP contribution in [0.4, 0.5) is 0 Å². The van der Waals surface area contributed by atoms with Crippen molar-refractivity contribution in [2.75, 3.05) is 7.11 Å². The summed E-state index contributed by atoms with van der Waals surface area (Å²) in [5.41, 5.74) is 5.37. The monoisotopic (exact) mass is 191 g/mol. The van der Waals surface area contributed by atoms with Crippen LogP contribution in [-0.4, -0.2) is 12.1 Å². The second kappa shape index (κ2) is 3.52. The summed E-state index contributed by atoms with van der Waals surface area (Å²) in [6.45, 7) is 4.34. The number of aromatic amines is 1. The first-order chi connectivity index (χ1) is 6.77. The lowest BCUT2D eigenvalue weighted by molar-refractivity contribution is 0.366. The molecule has 1 heterocycles. The summed E-state index contributed by atoms with van der Waals surface area (Å²) in [6, 6.07) is 0. The fourth-order valence-electron chi connectivity index (χ4n) is 2.30. The Balaban J connectivity index is 2.56. The van der Waals surface area contributed by atoms with Gasteiger partial charge in [-0.05, 0) is 37.8 Å². The molecule has 1 N–H and O–H groups in total. The van der Waals surface area contributed by atoms with Crippen LogP contribution in [0, 0.1) is 6.92 Å². The zero-order valence-corrected chi connectivity index (χ0v) is 9.11. The normalized spacial score (nSPS) is 14.9. The average molecular weight is 191 g/mol. The van der Waals surface area contributed by atoms with Crippen LogP contribution in [0.1, 0.15) is 35.9 Å². The van der Waals surface area contributed by atoms with Gasteiger partial charge < -0.3 is 9.72 Å². The molecule has 0 atom stereocenters. The molecule has 0 amide bonds. The van der Waals surface area contributed by atoms with E-state index in [4.69, 9.17) is 4.74 Å². The minimum atomic E-state index is 1.05. The Morgan fingerprint density at radius 1 is 1.50 bits per heavy atom. The van der Waals surface area contributed by atoms with Crippen molar-refractivity contribution in [1.29, 1.82) is 0 Å². The molecule has 0 saturated carbocycles. The van der Waals surface area contributed by atoms with Crippen molar-refractivity contribution in [1.82, 2.24) is 4.98 Å². The molecule has 0 aliphatic heterocycles. The van der Waals surface area contributed by atoms with E-state index in [-0.39, 0.29) is 0 Å². The van der Waals surface area contributed by atoms with Crippen LogP contribution in [0.25, 0.3) is 5.76 Å². The summed E-state index contributed by atoms with van der Waals surface area (Å²) in [5, 5.41) is 0. The third-order valence-corrected chi connectivity index (χ3v) is 2.94. The van der Waals surface area contributed by atoms with Crippen molar-refractivity contribution >= 4 is 5.76 Å². The largest absolute Gasteiger partial charge is 0.496 e. The lowest BCUT2D eigenvalue weighted by atomic mass is 9.98. The lowest BCUT2D eigenvalue weighted by Gasteiger charge is -2.14. The van der Waals surface area contributed by atoms with Gasteiger partial charge in [-0.2, -0.15) is 0 Å². The Morgan fingerprint density at radius 2 is 2.29 bits per heavy atom. The summed E-state index contributed by atoms with van der Waals surface area (Å²) in [6.07, 6.45) is 5.45. The fourth-order valence-corrected chi connectivity index (χ4v) is 2.30. The summed E-state index contributed by atoms with van der Waals surface area (Å²) in [5.74, 6) is 1.05. The molecule has 2 rings (SSSR count). The molecule has 2 heteroatoms. The molecule has 1 aliphatic carbocycles. The number of allylic oxidation sites excluding steroid dienone is 1. The van der Waals surface area contributed by atoms with Crippen molar-refractivity contribution in [2.45, 2.75) is 33.1 Å². The molecule has 14 heavy (non-hydrogen) atoms. The Hall–Kier alpha value is -1.18. The van der Waals surface area contributed by atoms with Crippen molar-refractivity contribution in [3.8, 4) is 0 Å². The van der Waals surface area contributed by atoms with Crippen LogP contribution in [0.3, 0.4) is 0 Å². The molecule has 1 aromatic rings. The van der Waals surface area contributed by atoms with Gasteiger partial charge >= 0.3 is 0 Å². The molecule has 0 bridgehead atoms. The molecule has 0 spiro atoms. The number of ether oxygens (including phenoxy) is 1. The van der Waals surface area contributed by atoms with Gasteiger partial charge in [0.2, 0.25) is 0 Å². The number of fused-ring (bicyclic) bond motifs is 1. The number of hydrogen-bond donors (Lipinski definition) is 1. The second-order valence-electron chi connectivity index (χ2n) is 3.75. The standard InChI is InChI=1S/C12H17NO/c1-4-9-8(2)13-10-6-5-7-11(14-3)12(9)10/h7,13H,4-6H2,1-3H3. The predicted octanol–water partition coefficient (Wildman–Crippen LogP) is 2.82. The minimum Gasteiger partial charge on any atom is -0.496 e. The molecular weight excluding hydrogens is 174 g/mol. The van der Waals surface area contributed by atoms with Crippen molar-refractivity contribution in [3.05, 3.63) is 28.6 Å². The van der Waals surface area contributed by atoms with E-state index >= 15 is 0 Å². The number of hydrogen-bond acceptors (Lipinski definition) is 1. The minimum absolute atomic E-state index is 1.05. The summed E-state index contributed by atoms with van der Waals surface area (Å²) in [7, 11) is 1.75. The van der Waals surface area contributed by atoms with E-state index in [0.29, 0.717) is 0 Å². The van der Waals surface area contributed by atoms with E-state index in [1.165, 1.54) is 22.5 Å². The maximum atomic E-state index is 5.41. The smallest absolute Gasteiger partial charge is 0.124 e. The molecule has 0 fully saturated rings. The van der Waals surface area contributed by atoms with Gasteiger partial charge in [0.05, 0.1) is 7.11 Å². The highest BCUT2D eigenvalue weighted by molar-refractivity contribution is 5.68. The second-order valence-corrected chi connectivity index (χ2v) is 3.75. The first-order valence-electron chi connectivity index (χ1n) is 5.22. The van der Waals surface area contributed by atoms with E-state index in [0.717, 1.165) is 25.0 Å². The molecular formula is C12H17NO. The highest BCUT2D eigenvalue weighted by Gasteiger charge is 2.20. The first-order valence-corrected chi connectivity index (χ1v) is 5.22. The van der Waals surface area contributed by atoms with E-state index in [1.807, 2.05) is 0 Å². The van der Waals surface area contributed by atoms with Gasteiger partial charge in [0.25, 0.3) is 0 Å². The summed E-state index contributed by atoms with van der Waals surface area (Å²) in [4.78, 5) is 3.46. The van der Waals surface area contributed by atoms with E-state index in [2.05, 4.69) is 24.9 Å². The van der Waals surface area contributed by atoms with Gasteiger partial charge in [0.1, 0.15) is 5.76 Å². The molecule has 0 radical (unpaired) electrons. The van der Waals surface area contributed by atoms with Crippen molar-refractivity contribution < 1.29 is 4.74 Å². The number of aryl methyl sites for hydroxylation is 2. The number of H-pyrrole nitrogens is 1. The Labute approximate surface area is 85.0 Å². The molecule has 0 saturated heterocycles. The van der Waals surface area contributed by atoms with Gasteiger partial charge in [-0.15, -0.1) is 0 Å². The molecule has 0 unspecified atom stereocenters. The Morgan fingerprint density at radius 3 is 2.93 bits per heavy atom. The zero-order chi connectivity index (χ0) is 10.1. The van der Waals surface area contributed by atoms with Crippen LogP contribution in [0.15, 0.2) is 6.08 Å². The highest BCUT2D eigenvalue weighted by atomic mass is 16.5. The highest BCUT2D eigenvalue weighted by Crippen LogP contribution is 2.31. The zero-order valence-electron chi connectivity index (χ0n) is 9.11. The molecule has 1 aromatic heterocycles. The molecule has 2 nitrogen and oxygen atoms in total. The van der Waals surface area contributed by atoms with Gasteiger partial charge in [-0.3, -0.25) is 0 Å². The molecule has 76 valence electrons. The molecule has 0 aromatic carbocycles. The van der Waals surface area contributed by atoms with Gasteiger partial charge in [-0.25, -0.2) is 0 Å². The average Bonchev–Trinajstić information content (AvgIpc) is 2.52. The third kappa shape index (κ3) is 1.26. The number of nitrogens with one attached hydrogen (secondary N) is 1. The third-order valence-electron chi connectivity index (χ3n) is 2.94. The number of rotatable bonds is 2. The maximum Gasteiger partial charge on any atom is 0.124 e. The van der Waals surface area contributed by atoms with E-state index in [9.17, 15) is 0 Å². The lowest BCUT2D eigenvalue weighted by Crippen LogP contribution is -2.01. The van der Waals surface area contributed by atoms with Crippen LogP contribution in [0.2, 0.25) is 0 Å². The van der Waals surface area contributed by atoms with Crippen LogP contribution >= 0.6 is 0 Å². The topological polar surface area (TPSA) is 25.0 Å². The van der Waals surface area contributed by atoms with E-state index in [1.54, 1.807) is 7.11 Å². The summed E-state index contributed by atoms with van der Waals surface area (Å²) >= 11 is 0. The van der Waals surface area contributed by atoms with Crippen molar-refractivity contribution in [3.63, 3.8) is 0 Å². The van der Waals surface area contributed by atoms with Crippen LogP contribution in [0.5, 0.6) is 0 Å². The van der Waals surface area contributed by atoms with E-state index < -0.39 is 0 Å². The quantitative estimate of drug-likeness (QED) is 0.764. The van der Waals surface area contributed by atoms with Crippen LogP contribution in [-0.2, 0) is 17.6 Å². The Kier molecular flexibility index (Phi) is 2.36. The predicted molar refractivity (Wildman–Crippen MR) is 58.2 cm³/mol. The number of methoxy groups -OCH3 is 1. The maximum absolute atomic E-state index is 5.41. The fraction of sp³-hybridized carbons (Fsp3) is 0.500. The van der Waals surface area contributed by atoms with Gasteiger partial charge in [0, 0.05) is 17.0 Å². The van der Waals surface area contributed by atoms with Crippen molar-refractivity contribution in [2.24, 2.45) is 0 Å². The van der Waals surface area contributed by atoms with Gasteiger partial charge in [-0.1, -0.05) is 6.92 Å². The number of aromatic nitrogens is 1. The van der Waals surface area contributed by atoms with Crippen LogP contribution < -0.4 is 0 Å². The SMILES string of the molecule is CCc1c(C)[nH]c2c1C(OC)=CCC2. The molecule has 1 aliphatic rings. The Bertz CT molecular complexity index is 374.